The number of rotatable bonds is 8. The molecule has 1 N–H and O–H groups in total. The van der Waals surface area contributed by atoms with Gasteiger partial charge in [0.15, 0.2) is 5.82 Å². The van der Waals surface area contributed by atoms with E-state index in [1.807, 2.05) is 16.5 Å². The van der Waals surface area contributed by atoms with Crippen LogP contribution in [0.3, 0.4) is 0 Å². The molecule has 39 heavy (non-hydrogen) atoms. The van der Waals surface area contributed by atoms with Gasteiger partial charge in [-0.15, -0.1) is 0 Å². The van der Waals surface area contributed by atoms with Gasteiger partial charge in [-0.25, -0.2) is 19.3 Å². The van der Waals surface area contributed by atoms with E-state index in [4.69, 9.17) is 4.98 Å². The number of benzene rings is 1. The molecule has 0 saturated carbocycles. The second-order valence-corrected chi connectivity index (χ2v) is 9.99. The molecule has 0 aliphatic carbocycles. The number of aromatic nitrogens is 4. The molecule has 0 atom stereocenters. The van der Waals surface area contributed by atoms with Crippen LogP contribution in [0.25, 0.3) is 11.3 Å². The lowest BCUT2D eigenvalue weighted by Crippen LogP contribution is -2.35. The Morgan fingerprint density at radius 1 is 1.21 bits per heavy atom. The number of nitriles is 1. The minimum atomic E-state index is -4.80. The summed E-state index contributed by atoms with van der Waals surface area (Å²) in [6.45, 7) is 6.78. The van der Waals surface area contributed by atoms with Crippen molar-refractivity contribution in [2.24, 2.45) is 0 Å². The molecule has 3 heterocycles. The zero-order chi connectivity index (χ0) is 28.3. The highest BCUT2D eigenvalue weighted by Gasteiger charge is 2.35. The molecule has 2 aromatic heterocycles. The summed E-state index contributed by atoms with van der Waals surface area (Å²) in [7, 11) is 3.72. The van der Waals surface area contributed by atoms with Crippen LogP contribution >= 0.6 is 0 Å². The molecule has 1 aliphatic heterocycles. The van der Waals surface area contributed by atoms with E-state index in [1.54, 1.807) is 13.2 Å². The third-order valence-corrected chi connectivity index (χ3v) is 7.29. The van der Waals surface area contributed by atoms with E-state index in [0.717, 1.165) is 37.3 Å². The van der Waals surface area contributed by atoms with Crippen LogP contribution in [-0.2, 0) is 12.7 Å². The molecular formula is C27H32F4N8. The summed E-state index contributed by atoms with van der Waals surface area (Å²) in [5.41, 5.74) is -0.317. The highest BCUT2D eigenvalue weighted by molar-refractivity contribution is 5.65. The molecule has 208 valence electrons. The highest BCUT2D eigenvalue weighted by Crippen LogP contribution is 2.36. The largest absolute Gasteiger partial charge is 0.419 e. The molecule has 0 radical (unpaired) electrons. The average molecular weight is 545 g/mol. The van der Waals surface area contributed by atoms with Crippen molar-refractivity contribution in [2.75, 3.05) is 43.9 Å². The first-order valence-electron chi connectivity index (χ1n) is 12.9. The minimum absolute atomic E-state index is 0.0537. The van der Waals surface area contributed by atoms with Gasteiger partial charge >= 0.3 is 6.18 Å². The lowest BCUT2D eigenvalue weighted by Gasteiger charge is -2.33. The Bertz CT molecular complexity index is 1340. The van der Waals surface area contributed by atoms with E-state index in [-0.39, 0.29) is 11.5 Å². The third kappa shape index (κ3) is 6.14. The first-order chi connectivity index (χ1) is 18.5. The fourth-order valence-corrected chi connectivity index (χ4v) is 4.76. The predicted molar refractivity (Wildman–Crippen MR) is 141 cm³/mol. The van der Waals surface area contributed by atoms with Gasteiger partial charge in [0.05, 0.1) is 11.3 Å². The SMILES string of the molecule is CNc1ncnc(N2CCC(c3nc(-c4ccc(F)c(C(F)(F)F)c4)cn3CCN(C)C(C)C)CC2)c1C#N. The zero-order valence-corrected chi connectivity index (χ0v) is 22.4. The molecule has 8 nitrogen and oxygen atoms in total. The molecule has 1 fully saturated rings. The van der Waals surface area contributed by atoms with E-state index in [9.17, 15) is 22.8 Å². The smallest absolute Gasteiger partial charge is 0.372 e. The van der Waals surface area contributed by atoms with Crippen molar-refractivity contribution in [3.63, 3.8) is 0 Å². The van der Waals surface area contributed by atoms with Crippen LogP contribution < -0.4 is 10.2 Å². The lowest BCUT2D eigenvalue weighted by molar-refractivity contribution is -0.139. The zero-order valence-electron chi connectivity index (χ0n) is 22.4. The van der Waals surface area contributed by atoms with Crippen LogP contribution in [0.15, 0.2) is 30.7 Å². The van der Waals surface area contributed by atoms with Crippen molar-refractivity contribution in [1.29, 1.82) is 5.26 Å². The topological polar surface area (TPSA) is 85.9 Å². The maximum atomic E-state index is 13.9. The van der Waals surface area contributed by atoms with Crippen LogP contribution in [0, 0.1) is 17.1 Å². The summed E-state index contributed by atoms with van der Waals surface area (Å²) in [6, 6.07) is 5.52. The lowest BCUT2D eigenvalue weighted by atomic mass is 9.95. The third-order valence-electron chi connectivity index (χ3n) is 7.29. The van der Waals surface area contributed by atoms with Crippen molar-refractivity contribution in [3.05, 3.63) is 53.5 Å². The summed E-state index contributed by atoms with van der Waals surface area (Å²) in [6.07, 6.45) is -0.166. The molecule has 0 bridgehead atoms. The van der Waals surface area contributed by atoms with Crippen molar-refractivity contribution in [3.8, 4) is 17.3 Å². The van der Waals surface area contributed by atoms with Gasteiger partial charge in [0.1, 0.15) is 35.4 Å². The number of hydrogen-bond donors (Lipinski definition) is 1. The van der Waals surface area contributed by atoms with Gasteiger partial charge in [0.2, 0.25) is 0 Å². The second-order valence-electron chi connectivity index (χ2n) is 9.99. The molecule has 0 amide bonds. The number of nitrogens with one attached hydrogen (secondary N) is 1. The van der Waals surface area contributed by atoms with Crippen LogP contribution in [0.1, 0.15) is 49.6 Å². The van der Waals surface area contributed by atoms with Gasteiger partial charge in [0, 0.05) is 56.9 Å². The number of piperidine rings is 1. The fourth-order valence-electron chi connectivity index (χ4n) is 4.76. The highest BCUT2D eigenvalue weighted by atomic mass is 19.4. The molecule has 1 saturated heterocycles. The van der Waals surface area contributed by atoms with Gasteiger partial charge in [0.25, 0.3) is 0 Å². The van der Waals surface area contributed by atoms with E-state index in [0.29, 0.717) is 48.6 Å². The number of nitrogens with zero attached hydrogens (tertiary/aromatic N) is 7. The molecule has 0 spiro atoms. The molecule has 0 unspecified atom stereocenters. The molecule has 12 heteroatoms. The number of likely N-dealkylation sites (N-methyl/N-ethyl adjacent to an activating group) is 1. The molecule has 4 rings (SSSR count). The summed E-state index contributed by atoms with van der Waals surface area (Å²) in [4.78, 5) is 17.5. The summed E-state index contributed by atoms with van der Waals surface area (Å²) in [5, 5.41) is 12.6. The Morgan fingerprint density at radius 3 is 2.54 bits per heavy atom. The maximum absolute atomic E-state index is 13.9. The Hall–Kier alpha value is -3.72. The van der Waals surface area contributed by atoms with Gasteiger partial charge in [-0.3, -0.25) is 0 Å². The van der Waals surface area contributed by atoms with Gasteiger partial charge in [-0.1, -0.05) is 0 Å². The number of halogens is 4. The van der Waals surface area contributed by atoms with Crippen LogP contribution in [0.4, 0.5) is 29.2 Å². The number of alkyl halides is 3. The van der Waals surface area contributed by atoms with Crippen LogP contribution in [0.5, 0.6) is 0 Å². The van der Waals surface area contributed by atoms with Crippen molar-refractivity contribution in [1.82, 2.24) is 24.4 Å². The first-order valence-corrected chi connectivity index (χ1v) is 12.9. The molecule has 1 aromatic carbocycles. The minimum Gasteiger partial charge on any atom is -0.372 e. The average Bonchev–Trinajstić information content (AvgIpc) is 3.35. The maximum Gasteiger partial charge on any atom is 0.419 e. The quantitative estimate of drug-likeness (QED) is 0.393. The second kappa shape index (κ2) is 11.6. The van der Waals surface area contributed by atoms with E-state index in [1.165, 1.54) is 12.4 Å². The van der Waals surface area contributed by atoms with E-state index < -0.39 is 17.6 Å². The normalized spacial score (nSPS) is 14.7. The van der Waals surface area contributed by atoms with Gasteiger partial charge < -0.3 is 19.7 Å². The molecule has 3 aromatic rings. The first kappa shape index (κ1) is 28.3. The van der Waals surface area contributed by atoms with Gasteiger partial charge in [-0.2, -0.15) is 18.4 Å². The Morgan fingerprint density at radius 2 is 1.92 bits per heavy atom. The molecular weight excluding hydrogens is 512 g/mol. The van der Waals surface area contributed by atoms with Crippen LogP contribution in [0.2, 0.25) is 0 Å². The number of imidazole rings is 1. The standard InChI is InChI=1S/C27H32F4N8/c1-17(2)37(4)11-12-39-15-23(19-5-6-22(28)21(13-19)27(29,30)31)36-25(39)18-7-9-38(10-8-18)26-20(14-32)24(33-3)34-16-35-26/h5-6,13,15-18H,7-12H2,1-4H3,(H,33,34,35). The summed E-state index contributed by atoms with van der Waals surface area (Å²) in [5.74, 6) is 0.581. The predicted octanol–water partition coefficient (Wildman–Crippen LogP) is 5.14. The molecule has 1 aliphatic rings. The Labute approximate surface area is 225 Å². The fraction of sp³-hybridized carbons (Fsp3) is 0.481. The number of anilines is 2. The Kier molecular flexibility index (Phi) is 8.39. The van der Waals surface area contributed by atoms with Gasteiger partial charge in [-0.05, 0) is 51.9 Å². The monoisotopic (exact) mass is 544 g/mol. The van der Waals surface area contributed by atoms with Crippen molar-refractivity contribution >= 4 is 11.6 Å². The summed E-state index contributed by atoms with van der Waals surface area (Å²) >= 11 is 0. The summed E-state index contributed by atoms with van der Waals surface area (Å²) < 4.78 is 56.1. The van der Waals surface area contributed by atoms with E-state index >= 15 is 0 Å². The van der Waals surface area contributed by atoms with Crippen molar-refractivity contribution < 1.29 is 17.6 Å². The number of hydrogen-bond acceptors (Lipinski definition) is 7. The van der Waals surface area contributed by atoms with Crippen LogP contribution in [-0.4, -0.2) is 64.2 Å². The van der Waals surface area contributed by atoms with Crippen molar-refractivity contribution in [2.45, 2.75) is 51.4 Å². The Balaban J connectivity index is 1.62. The van der Waals surface area contributed by atoms with E-state index in [2.05, 4.69) is 40.1 Å².